The van der Waals surface area contributed by atoms with Gasteiger partial charge in [-0.25, -0.2) is 9.78 Å². The summed E-state index contributed by atoms with van der Waals surface area (Å²) in [6.45, 7) is 5.72. The van der Waals surface area contributed by atoms with E-state index in [9.17, 15) is 32.3 Å². The van der Waals surface area contributed by atoms with Crippen molar-refractivity contribution in [3.8, 4) is 0 Å². The molecule has 1 aliphatic carbocycles. The van der Waals surface area contributed by atoms with E-state index in [1.807, 2.05) is 29.1 Å². The third-order valence-electron chi connectivity index (χ3n) is 11.4. The number of anilines is 2. The predicted octanol–water partition coefficient (Wildman–Crippen LogP) is 5.28. The average molecular weight is 758 g/mol. The number of carbonyl (C=O) groups excluding carboxylic acids is 3. The van der Waals surface area contributed by atoms with Gasteiger partial charge in [0.2, 0.25) is 11.8 Å². The molecule has 0 spiro atoms. The third-order valence-corrected chi connectivity index (χ3v) is 11.4. The average Bonchev–Trinajstić information content (AvgIpc) is 3.70. The van der Waals surface area contributed by atoms with E-state index >= 15 is 0 Å². The number of benzene rings is 2. The molecule has 2 aliphatic heterocycles. The van der Waals surface area contributed by atoms with E-state index in [0.717, 1.165) is 86.1 Å². The zero-order chi connectivity index (χ0) is 38.6. The number of para-hydroxylation sites is 1. The van der Waals surface area contributed by atoms with Gasteiger partial charge in [-0.1, -0.05) is 12.1 Å². The van der Waals surface area contributed by atoms with E-state index in [4.69, 9.17) is 5.10 Å². The van der Waals surface area contributed by atoms with E-state index in [1.165, 1.54) is 10.6 Å². The first-order valence-electron chi connectivity index (χ1n) is 18.7. The molecule has 55 heavy (non-hydrogen) atoms. The van der Waals surface area contributed by atoms with Crippen LogP contribution in [0.15, 0.2) is 65.6 Å². The molecule has 3 amide bonds. The topological polar surface area (TPSA) is 139 Å². The summed E-state index contributed by atoms with van der Waals surface area (Å²) in [6, 6.07) is 14.1. The molecule has 5 heterocycles. The number of carbonyl (C=O) groups is 3. The Bertz CT molecular complexity index is 2360. The van der Waals surface area contributed by atoms with Crippen LogP contribution in [0.4, 0.5) is 24.5 Å². The number of aromatic nitrogens is 5. The fraction of sp³-hybridized carbons (Fsp3) is 0.436. The molecule has 8 rings (SSSR count). The third kappa shape index (κ3) is 7.10. The highest BCUT2D eigenvalue weighted by Gasteiger charge is 2.35. The van der Waals surface area contributed by atoms with Gasteiger partial charge in [-0.2, -0.15) is 18.3 Å². The van der Waals surface area contributed by atoms with E-state index in [-0.39, 0.29) is 35.8 Å². The first-order valence-corrected chi connectivity index (χ1v) is 18.7. The molecule has 2 atom stereocenters. The molecule has 288 valence electrons. The zero-order valence-electron chi connectivity index (χ0n) is 30.6. The van der Waals surface area contributed by atoms with Crippen molar-refractivity contribution >= 4 is 51.0 Å². The second-order valence-corrected chi connectivity index (χ2v) is 15.0. The number of pyridine rings is 1. The second kappa shape index (κ2) is 14.3. The Balaban J connectivity index is 0.873. The number of imidazole rings is 1. The molecule has 0 radical (unpaired) electrons. The maximum atomic E-state index is 13.5. The molecule has 1 unspecified atom stereocenters. The Labute approximate surface area is 314 Å². The van der Waals surface area contributed by atoms with Gasteiger partial charge in [0, 0.05) is 63.0 Å². The smallest absolute Gasteiger partial charge is 0.367 e. The van der Waals surface area contributed by atoms with Crippen molar-refractivity contribution in [3.63, 3.8) is 0 Å². The maximum Gasteiger partial charge on any atom is 0.433 e. The summed E-state index contributed by atoms with van der Waals surface area (Å²) in [4.78, 5) is 59.0. The number of piperidine rings is 1. The van der Waals surface area contributed by atoms with Crippen LogP contribution in [0, 0.1) is 5.92 Å². The summed E-state index contributed by atoms with van der Waals surface area (Å²) < 4.78 is 44.4. The standard InChI is InChI=1S/C39H42F3N9O4/c1-23-20-49(30-6-4-7-31-35(30)47(2)38(55)51(31)32-15-16-34(52)45-37(32)54)18-17-48(23)21-24-9-12-27(13-10-24)50-22-25-19-26(11-14-28(25)46-50)43-36(53)29-5-3-8-33(44-29)39(40,41)42/h3-8,11,14,19,22-24,27,32H,9-10,12-13,15-18,20-21H2,1-2H3,(H,43,53)(H,45,52,54)/t23-,24?,27?,32?/m1/s1. The molecule has 0 bridgehead atoms. The quantitative estimate of drug-likeness (QED) is 0.214. The maximum absolute atomic E-state index is 13.5. The van der Waals surface area contributed by atoms with Crippen LogP contribution in [-0.2, 0) is 22.8 Å². The number of amides is 3. The van der Waals surface area contributed by atoms with Gasteiger partial charge in [-0.15, -0.1) is 0 Å². The Hall–Kier alpha value is -5.51. The monoisotopic (exact) mass is 757 g/mol. The Morgan fingerprint density at radius 2 is 1.76 bits per heavy atom. The number of aryl methyl sites for hydroxylation is 1. The zero-order valence-corrected chi connectivity index (χ0v) is 30.6. The lowest BCUT2D eigenvalue weighted by Gasteiger charge is -2.43. The van der Waals surface area contributed by atoms with Gasteiger partial charge >= 0.3 is 11.9 Å². The van der Waals surface area contributed by atoms with E-state index in [0.29, 0.717) is 23.5 Å². The van der Waals surface area contributed by atoms with Crippen molar-refractivity contribution in [3.05, 3.63) is 82.7 Å². The van der Waals surface area contributed by atoms with Crippen LogP contribution in [0.3, 0.4) is 0 Å². The molecular weight excluding hydrogens is 715 g/mol. The van der Waals surface area contributed by atoms with Crippen LogP contribution >= 0.6 is 0 Å². The summed E-state index contributed by atoms with van der Waals surface area (Å²) in [7, 11) is 1.74. The van der Waals surface area contributed by atoms with Gasteiger partial charge in [0.1, 0.15) is 17.4 Å². The first-order chi connectivity index (χ1) is 26.3. The van der Waals surface area contributed by atoms with Gasteiger partial charge in [0.25, 0.3) is 5.91 Å². The number of alkyl halides is 3. The molecule has 16 heteroatoms. The number of piperazine rings is 1. The summed E-state index contributed by atoms with van der Waals surface area (Å²) in [6.07, 6.45) is 1.91. The van der Waals surface area contributed by atoms with E-state index < -0.39 is 29.7 Å². The lowest BCUT2D eigenvalue weighted by atomic mass is 9.85. The van der Waals surface area contributed by atoms with Gasteiger partial charge in [-0.05, 0) is 87.4 Å². The van der Waals surface area contributed by atoms with Crippen molar-refractivity contribution < 1.29 is 27.6 Å². The van der Waals surface area contributed by atoms with Crippen LogP contribution in [0.25, 0.3) is 21.9 Å². The van der Waals surface area contributed by atoms with Gasteiger partial charge in [0.05, 0.1) is 28.3 Å². The highest BCUT2D eigenvalue weighted by Crippen LogP contribution is 2.36. The van der Waals surface area contributed by atoms with E-state index in [1.54, 1.807) is 29.8 Å². The SMILES string of the molecule is C[C@@H]1CN(c2cccc3c2n(C)c(=O)n3C2CCC(=O)NC2=O)CCN1CC1CCC(n2cc3cc(NC(=O)c4cccc(C(F)(F)F)n4)ccc3n2)CC1. The number of hydrogen-bond donors (Lipinski definition) is 2. The molecule has 2 saturated heterocycles. The van der Waals surface area contributed by atoms with Crippen LogP contribution in [0.1, 0.15) is 73.7 Å². The minimum absolute atomic E-state index is 0.196. The molecule has 2 N–H and O–H groups in total. The minimum Gasteiger partial charge on any atom is -0.367 e. The molecule has 1 saturated carbocycles. The summed E-state index contributed by atoms with van der Waals surface area (Å²) in [5, 5.41) is 10.7. The number of fused-ring (bicyclic) bond motifs is 2. The fourth-order valence-electron chi connectivity index (χ4n) is 8.54. The highest BCUT2D eigenvalue weighted by molar-refractivity contribution is 6.04. The molecule has 5 aromatic rings. The number of nitrogens with one attached hydrogen (secondary N) is 2. The Kier molecular flexibility index (Phi) is 9.47. The van der Waals surface area contributed by atoms with Crippen molar-refractivity contribution in [1.82, 2.24) is 34.1 Å². The largest absolute Gasteiger partial charge is 0.433 e. The van der Waals surface area contributed by atoms with Crippen molar-refractivity contribution in [2.75, 3.05) is 36.4 Å². The number of rotatable bonds is 7. The Morgan fingerprint density at radius 3 is 2.51 bits per heavy atom. The molecular formula is C39H42F3N9O4. The molecule has 3 aliphatic rings. The number of nitrogens with zero attached hydrogens (tertiary/aromatic N) is 7. The lowest BCUT2D eigenvalue weighted by Crippen LogP contribution is -2.53. The van der Waals surface area contributed by atoms with Crippen LogP contribution in [-0.4, -0.2) is 78.7 Å². The summed E-state index contributed by atoms with van der Waals surface area (Å²) in [5.41, 5.74) is 1.95. The highest BCUT2D eigenvalue weighted by atomic mass is 19.4. The minimum atomic E-state index is -4.64. The van der Waals surface area contributed by atoms with Crippen LogP contribution in [0.5, 0.6) is 0 Å². The number of halogens is 3. The molecule has 3 aromatic heterocycles. The van der Waals surface area contributed by atoms with Crippen molar-refractivity contribution in [1.29, 1.82) is 0 Å². The number of hydrogen-bond acceptors (Lipinski definition) is 8. The van der Waals surface area contributed by atoms with Crippen LogP contribution in [0.2, 0.25) is 0 Å². The predicted molar refractivity (Wildman–Crippen MR) is 200 cm³/mol. The van der Waals surface area contributed by atoms with Gasteiger partial charge in [0.15, 0.2) is 0 Å². The molecule has 2 aromatic carbocycles. The number of imide groups is 1. The van der Waals surface area contributed by atoms with Gasteiger partial charge in [-0.3, -0.25) is 38.4 Å². The van der Waals surface area contributed by atoms with Crippen molar-refractivity contribution in [2.45, 2.75) is 69.8 Å². The van der Waals surface area contributed by atoms with Gasteiger partial charge < -0.3 is 10.2 Å². The summed E-state index contributed by atoms with van der Waals surface area (Å²) >= 11 is 0. The fourth-order valence-corrected chi connectivity index (χ4v) is 8.54. The Morgan fingerprint density at radius 1 is 0.982 bits per heavy atom. The second-order valence-electron chi connectivity index (χ2n) is 15.0. The first kappa shape index (κ1) is 36.5. The lowest BCUT2D eigenvalue weighted by molar-refractivity contribution is -0.141. The molecule has 3 fully saturated rings. The summed E-state index contributed by atoms with van der Waals surface area (Å²) in [5.74, 6) is -0.933. The molecule has 13 nitrogen and oxygen atoms in total. The van der Waals surface area contributed by atoms with E-state index in [2.05, 4.69) is 32.3 Å². The van der Waals surface area contributed by atoms with Crippen LogP contribution < -0.4 is 21.2 Å². The normalized spacial score (nSPS) is 22.7. The van der Waals surface area contributed by atoms with Crippen molar-refractivity contribution in [2.24, 2.45) is 13.0 Å².